The van der Waals surface area contributed by atoms with Crippen LogP contribution >= 0.6 is 0 Å². The third-order valence-electron chi connectivity index (χ3n) is 3.67. The molecular weight excluding hydrogens is 206 g/mol. The van der Waals surface area contributed by atoms with Crippen LogP contribution in [-0.2, 0) is 9.59 Å². The Kier molecular flexibility index (Phi) is 3.25. The molecule has 2 fully saturated rings. The second-order valence-electron chi connectivity index (χ2n) is 4.88. The van der Waals surface area contributed by atoms with E-state index >= 15 is 0 Å². The fraction of sp³-hybridized carbons (Fsp3) is 0.818. The summed E-state index contributed by atoms with van der Waals surface area (Å²) in [5, 5.41) is 2.34. The minimum atomic E-state index is -0.164. The highest BCUT2D eigenvalue weighted by atomic mass is 16.2. The van der Waals surface area contributed by atoms with E-state index in [9.17, 15) is 9.59 Å². The maximum Gasteiger partial charge on any atom is 0.240 e. The van der Waals surface area contributed by atoms with E-state index in [4.69, 9.17) is 0 Å². The van der Waals surface area contributed by atoms with Gasteiger partial charge in [-0.3, -0.25) is 19.8 Å². The number of piperidine rings is 1. The summed E-state index contributed by atoms with van der Waals surface area (Å²) in [7, 11) is 2.12. The molecule has 16 heavy (non-hydrogen) atoms. The molecule has 2 aliphatic rings. The minimum Gasteiger partial charge on any atom is -0.304 e. The quantitative estimate of drug-likeness (QED) is 0.607. The second-order valence-corrected chi connectivity index (χ2v) is 4.88. The SMILES string of the molecule is CC1CC(N2CC(=O)NC(=O)C2)CCN1C. The smallest absolute Gasteiger partial charge is 0.240 e. The Morgan fingerprint density at radius 2 is 1.88 bits per heavy atom. The zero-order valence-electron chi connectivity index (χ0n) is 9.90. The summed E-state index contributed by atoms with van der Waals surface area (Å²) in [4.78, 5) is 26.9. The van der Waals surface area contributed by atoms with Gasteiger partial charge in [-0.15, -0.1) is 0 Å². The largest absolute Gasteiger partial charge is 0.304 e. The number of nitrogens with zero attached hydrogens (tertiary/aromatic N) is 2. The molecule has 5 nitrogen and oxygen atoms in total. The summed E-state index contributed by atoms with van der Waals surface area (Å²) in [6, 6.07) is 0.903. The molecule has 2 aliphatic heterocycles. The lowest BCUT2D eigenvalue weighted by molar-refractivity contribution is -0.137. The molecule has 0 radical (unpaired) electrons. The molecule has 2 atom stereocenters. The van der Waals surface area contributed by atoms with Gasteiger partial charge in [-0.25, -0.2) is 0 Å². The van der Waals surface area contributed by atoms with Gasteiger partial charge in [-0.05, 0) is 33.4 Å². The van der Waals surface area contributed by atoms with Crippen LogP contribution in [0.25, 0.3) is 0 Å². The highest BCUT2D eigenvalue weighted by Gasteiger charge is 2.32. The molecule has 1 N–H and O–H groups in total. The number of rotatable bonds is 1. The molecule has 2 rings (SSSR count). The summed E-state index contributed by atoms with van der Waals surface area (Å²) >= 11 is 0. The van der Waals surface area contributed by atoms with Crippen molar-refractivity contribution in [3.63, 3.8) is 0 Å². The Morgan fingerprint density at radius 3 is 2.44 bits per heavy atom. The molecule has 0 aliphatic carbocycles. The van der Waals surface area contributed by atoms with Crippen LogP contribution in [0.1, 0.15) is 19.8 Å². The van der Waals surface area contributed by atoms with Crippen molar-refractivity contribution in [3.8, 4) is 0 Å². The van der Waals surface area contributed by atoms with Gasteiger partial charge in [-0.1, -0.05) is 0 Å². The predicted molar refractivity (Wildman–Crippen MR) is 59.8 cm³/mol. The summed E-state index contributed by atoms with van der Waals surface area (Å²) in [5.41, 5.74) is 0. The topological polar surface area (TPSA) is 52.7 Å². The molecule has 0 aromatic rings. The van der Waals surface area contributed by atoms with Gasteiger partial charge in [0.1, 0.15) is 0 Å². The van der Waals surface area contributed by atoms with Gasteiger partial charge >= 0.3 is 0 Å². The van der Waals surface area contributed by atoms with Crippen LogP contribution in [0, 0.1) is 0 Å². The van der Waals surface area contributed by atoms with Crippen LogP contribution in [0.15, 0.2) is 0 Å². The lowest BCUT2D eigenvalue weighted by Crippen LogP contribution is -2.57. The van der Waals surface area contributed by atoms with E-state index in [0.29, 0.717) is 25.2 Å². The third kappa shape index (κ3) is 2.41. The summed E-state index contributed by atoms with van der Waals surface area (Å²) in [6.07, 6.45) is 2.08. The molecule has 5 heteroatoms. The van der Waals surface area contributed by atoms with Crippen LogP contribution in [0.4, 0.5) is 0 Å². The number of carbonyl (C=O) groups is 2. The Balaban J connectivity index is 1.97. The molecular formula is C11H19N3O2. The second kappa shape index (κ2) is 4.51. The van der Waals surface area contributed by atoms with Crippen molar-refractivity contribution in [2.24, 2.45) is 0 Å². The predicted octanol–water partition coefficient (Wildman–Crippen LogP) is -0.572. The van der Waals surface area contributed by atoms with E-state index in [-0.39, 0.29) is 11.8 Å². The van der Waals surface area contributed by atoms with Crippen LogP contribution in [0.2, 0.25) is 0 Å². The molecule has 2 heterocycles. The van der Waals surface area contributed by atoms with Gasteiger partial charge < -0.3 is 4.90 Å². The Hall–Kier alpha value is -0.940. The van der Waals surface area contributed by atoms with Crippen LogP contribution in [0.5, 0.6) is 0 Å². The molecule has 2 saturated heterocycles. The van der Waals surface area contributed by atoms with E-state index < -0.39 is 0 Å². The molecule has 0 spiro atoms. The number of nitrogens with one attached hydrogen (secondary N) is 1. The minimum absolute atomic E-state index is 0.164. The average molecular weight is 225 g/mol. The van der Waals surface area contributed by atoms with E-state index in [1.807, 2.05) is 4.90 Å². The fourth-order valence-electron chi connectivity index (χ4n) is 2.51. The number of likely N-dealkylation sites (tertiary alicyclic amines) is 1. The molecule has 0 bridgehead atoms. The van der Waals surface area contributed by atoms with Crippen molar-refractivity contribution >= 4 is 11.8 Å². The highest BCUT2D eigenvalue weighted by molar-refractivity contribution is 5.99. The van der Waals surface area contributed by atoms with Gasteiger partial charge in [0.25, 0.3) is 0 Å². The summed E-state index contributed by atoms with van der Waals surface area (Å²) in [5.74, 6) is -0.328. The van der Waals surface area contributed by atoms with Gasteiger partial charge in [-0.2, -0.15) is 0 Å². The zero-order valence-corrected chi connectivity index (χ0v) is 9.90. The van der Waals surface area contributed by atoms with Crippen molar-refractivity contribution in [1.82, 2.24) is 15.1 Å². The number of carbonyl (C=O) groups excluding carboxylic acids is 2. The van der Waals surface area contributed by atoms with Crippen molar-refractivity contribution < 1.29 is 9.59 Å². The normalized spacial score (nSPS) is 33.9. The monoisotopic (exact) mass is 225 g/mol. The standard InChI is InChI=1S/C11H19N3O2/c1-8-5-9(3-4-13(8)2)14-6-10(15)12-11(16)7-14/h8-9H,3-7H2,1-2H3,(H,12,15,16). The molecule has 2 unspecified atom stereocenters. The van der Waals surface area contributed by atoms with Gasteiger partial charge in [0.2, 0.25) is 11.8 Å². The third-order valence-corrected chi connectivity index (χ3v) is 3.67. The van der Waals surface area contributed by atoms with Crippen LogP contribution < -0.4 is 5.32 Å². The first-order valence-corrected chi connectivity index (χ1v) is 5.83. The highest BCUT2D eigenvalue weighted by Crippen LogP contribution is 2.20. The van der Waals surface area contributed by atoms with Gasteiger partial charge in [0.15, 0.2) is 0 Å². The van der Waals surface area contributed by atoms with Crippen LogP contribution in [-0.4, -0.2) is 60.4 Å². The van der Waals surface area contributed by atoms with Crippen LogP contribution in [0.3, 0.4) is 0 Å². The van der Waals surface area contributed by atoms with Crippen molar-refractivity contribution in [2.75, 3.05) is 26.7 Å². The van der Waals surface area contributed by atoms with E-state index in [0.717, 1.165) is 19.4 Å². The molecule has 0 saturated carbocycles. The lowest BCUT2D eigenvalue weighted by Gasteiger charge is -2.41. The maximum atomic E-state index is 11.3. The van der Waals surface area contributed by atoms with Crippen molar-refractivity contribution in [3.05, 3.63) is 0 Å². The van der Waals surface area contributed by atoms with Crippen molar-refractivity contribution in [2.45, 2.75) is 31.8 Å². The Bertz CT molecular complexity index is 290. The average Bonchev–Trinajstić information content (AvgIpc) is 2.20. The van der Waals surface area contributed by atoms with E-state index in [1.165, 1.54) is 0 Å². The van der Waals surface area contributed by atoms with Gasteiger partial charge in [0.05, 0.1) is 13.1 Å². The molecule has 90 valence electrons. The number of imide groups is 1. The number of amides is 2. The van der Waals surface area contributed by atoms with E-state index in [1.54, 1.807) is 0 Å². The molecule has 0 aromatic heterocycles. The summed E-state index contributed by atoms with van der Waals surface area (Å²) in [6.45, 7) is 3.97. The Morgan fingerprint density at radius 1 is 1.25 bits per heavy atom. The number of hydrogen-bond acceptors (Lipinski definition) is 4. The molecule has 0 aromatic carbocycles. The van der Waals surface area contributed by atoms with E-state index in [2.05, 4.69) is 24.2 Å². The zero-order chi connectivity index (χ0) is 11.7. The summed E-state index contributed by atoms with van der Waals surface area (Å²) < 4.78 is 0. The first-order chi connectivity index (χ1) is 7.56. The first-order valence-electron chi connectivity index (χ1n) is 5.83. The lowest BCUT2D eigenvalue weighted by atomic mass is 9.97. The maximum absolute atomic E-state index is 11.3. The first kappa shape index (κ1) is 11.5. The fourth-order valence-corrected chi connectivity index (χ4v) is 2.51. The Labute approximate surface area is 95.8 Å². The number of piperazine rings is 1. The van der Waals surface area contributed by atoms with Gasteiger partial charge in [0, 0.05) is 12.1 Å². The number of hydrogen-bond donors (Lipinski definition) is 1. The molecule has 2 amide bonds. The van der Waals surface area contributed by atoms with Crippen molar-refractivity contribution in [1.29, 1.82) is 0 Å².